The first-order valence-corrected chi connectivity index (χ1v) is 9.64. The highest BCUT2D eigenvalue weighted by atomic mass is 15.2. The molecule has 1 atom stereocenters. The molecule has 5 rings (SSSR count). The molecule has 4 aromatic rings. The summed E-state index contributed by atoms with van der Waals surface area (Å²) in [6, 6.07) is 24.5. The maximum Gasteiger partial charge on any atom is 0.0400 e. The number of nitrogens with zero attached hydrogens (tertiary/aromatic N) is 2. The largest absolute Gasteiger partial charge is 0.381 e. The van der Waals surface area contributed by atoms with Crippen molar-refractivity contribution in [2.45, 2.75) is 19.0 Å². The third-order valence-corrected chi connectivity index (χ3v) is 5.50. The van der Waals surface area contributed by atoms with E-state index in [9.17, 15) is 0 Å². The predicted molar refractivity (Wildman–Crippen MR) is 113 cm³/mol. The first-order valence-electron chi connectivity index (χ1n) is 9.64. The highest BCUT2D eigenvalue weighted by Gasteiger charge is 2.22. The molecule has 0 radical (unpaired) electrons. The lowest BCUT2D eigenvalue weighted by Gasteiger charge is -2.18. The van der Waals surface area contributed by atoms with Crippen LogP contribution in [0.1, 0.15) is 12.0 Å². The second-order valence-electron chi connectivity index (χ2n) is 7.48. The van der Waals surface area contributed by atoms with E-state index >= 15 is 0 Å². The fourth-order valence-electron chi connectivity index (χ4n) is 4.10. The molecule has 3 nitrogen and oxygen atoms in total. The van der Waals surface area contributed by atoms with Crippen molar-refractivity contribution in [1.29, 1.82) is 0 Å². The van der Waals surface area contributed by atoms with E-state index in [1.165, 1.54) is 39.2 Å². The van der Waals surface area contributed by atoms with Gasteiger partial charge < -0.3 is 5.32 Å². The number of hydrogen-bond acceptors (Lipinski definition) is 3. The van der Waals surface area contributed by atoms with E-state index in [-0.39, 0.29) is 0 Å². The van der Waals surface area contributed by atoms with Gasteiger partial charge in [0.15, 0.2) is 0 Å². The van der Waals surface area contributed by atoms with E-state index in [0.29, 0.717) is 6.04 Å². The van der Waals surface area contributed by atoms with Crippen molar-refractivity contribution < 1.29 is 0 Å². The van der Waals surface area contributed by atoms with Gasteiger partial charge in [0, 0.05) is 49.1 Å². The number of nitrogens with one attached hydrogen (secondary N) is 1. The lowest BCUT2D eigenvalue weighted by molar-refractivity contribution is 0.329. The van der Waals surface area contributed by atoms with Gasteiger partial charge in [-0.25, -0.2) is 0 Å². The number of hydrogen-bond donors (Lipinski definition) is 1. The molecule has 1 aliphatic heterocycles. The van der Waals surface area contributed by atoms with Crippen molar-refractivity contribution in [3.63, 3.8) is 0 Å². The van der Waals surface area contributed by atoms with Crippen molar-refractivity contribution in [2.24, 2.45) is 0 Å². The standard InChI is InChI=1S/C24H23N3/c1-2-4-20-13-18(5-6-19(20)3-1)16-27-12-10-24(17-27)26-23-8-7-22-15-25-11-9-21(22)14-23/h1-9,11,13-15,24,26H,10,12,16-17H2/t24-/m1/s1. The van der Waals surface area contributed by atoms with Crippen LogP contribution < -0.4 is 5.32 Å². The molecule has 1 aromatic heterocycles. The number of rotatable bonds is 4. The Balaban J connectivity index is 1.25. The van der Waals surface area contributed by atoms with Crippen molar-refractivity contribution in [1.82, 2.24) is 9.88 Å². The third kappa shape index (κ3) is 3.51. The average Bonchev–Trinajstić information content (AvgIpc) is 3.14. The van der Waals surface area contributed by atoms with Gasteiger partial charge in [-0.05, 0) is 52.4 Å². The Labute approximate surface area is 159 Å². The quantitative estimate of drug-likeness (QED) is 0.555. The van der Waals surface area contributed by atoms with E-state index in [1.807, 2.05) is 12.4 Å². The molecule has 0 bridgehead atoms. The molecule has 0 unspecified atom stereocenters. The van der Waals surface area contributed by atoms with Crippen LogP contribution in [0, 0.1) is 0 Å². The summed E-state index contributed by atoms with van der Waals surface area (Å²) in [7, 11) is 0. The smallest absolute Gasteiger partial charge is 0.0400 e. The summed E-state index contributed by atoms with van der Waals surface area (Å²) in [5, 5.41) is 8.78. The molecule has 134 valence electrons. The van der Waals surface area contributed by atoms with Crippen molar-refractivity contribution in [3.8, 4) is 0 Å². The van der Waals surface area contributed by atoms with Crippen LogP contribution in [0.2, 0.25) is 0 Å². The average molecular weight is 353 g/mol. The van der Waals surface area contributed by atoms with Crippen LogP contribution in [0.5, 0.6) is 0 Å². The molecule has 3 heteroatoms. The molecule has 0 saturated carbocycles. The molecule has 27 heavy (non-hydrogen) atoms. The van der Waals surface area contributed by atoms with Crippen LogP contribution in [0.15, 0.2) is 79.1 Å². The minimum Gasteiger partial charge on any atom is -0.381 e. The second-order valence-corrected chi connectivity index (χ2v) is 7.48. The molecule has 1 aliphatic rings. The number of fused-ring (bicyclic) bond motifs is 2. The molecule has 0 spiro atoms. The van der Waals surface area contributed by atoms with E-state index in [2.05, 4.69) is 81.9 Å². The van der Waals surface area contributed by atoms with Gasteiger partial charge in [0.25, 0.3) is 0 Å². The fraction of sp³-hybridized carbons (Fsp3) is 0.208. The minimum atomic E-state index is 0.504. The molecule has 0 aliphatic carbocycles. The second kappa shape index (κ2) is 7.01. The summed E-state index contributed by atoms with van der Waals surface area (Å²) < 4.78 is 0. The molecular formula is C24H23N3. The Morgan fingerprint density at radius 3 is 2.70 bits per heavy atom. The SMILES string of the molecule is c1ccc2cc(CN3CC[C@@H](Nc4ccc5cnccc5c4)C3)ccc2c1. The van der Waals surface area contributed by atoms with Crippen LogP contribution in [-0.4, -0.2) is 29.0 Å². The Bertz CT molecular complexity index is 1000. The van der Waals surface area contributed by atoms with E-state index in [1.54, 1.807) is 0 Å². The number of aromatic nitrogens is 1. The Hall–Kier alpha value is -2.91. The van der Waals surface area contributed by atoms with Crippen LogP contribution in [0.3, 0.4) is 0 Å². The molecule has 3 aromatic carbocycles. The normalized spacial score (nSPS) is 17.6. The molecular weight excluding hydrogens is 330 g/mol. The summed E-state index contributed by atoms with van der Waals surface area (Å²) in [6.07, 6.45) is 4.95. The topological polar surface area (TPSA) is 28.2 Å². The number of likely N-dealkylation sites (tertiary alicyclic amines) is 1. The highest BCUT2D eigenvalue weighted by Crippen LogP contribution is 2.23. The fourth-order valence-corrected chi connectivity index (χ4v) is 4.10. The van der Waals surface area contributed by atoms with Crippen LogP contribution in [0.25, 0.3) is 21.5 Å². The zero-order valence-corrected chi connectivity index (χ0v) is 15.3. The van der Waals surface area contributed by atoms with Crippen molar-refractivity contribution in [3.05, 3.63) is 84.7 Å². The van der Waals surface area contributed by atoms with E-state index < -0.39 is 0 Å². The molecule has 0 amide bonds. The monoisotopic (exact) mass is 353 g/mol. The number of benzene rings is 3. The lowest BCUT2D eigenvalue weighted by atomic mass is 10.1. The molecule has 1 N–H and O–H groups in total. The third-order valence-electron chi connectivity index (χ3n) is 5.50. The van der Waals surface area contributed by atoms with Gasteiger partial charge in [-0.2, -0.15) is 0 Å². The summed E-state index contributed by atoms with van der Waals surface area (Å²) in [4.78, 5) is 6.74. The Morgan fingerprint density at radius 1 is 0.889 bits per heavy atom. The Kier molecular flexibility index (Phi) is 4.23. The highest BCUT2D eigenvalue weighted by molar-refractivity contribution is 5.85. The van der Waals surface area contributed by atoms with Gasteiger partial charge in [0.2, 0.25) is 0 Å². The summed E-state index contributed by atoms with van der Waals surface area (Å²) in [6.45, 7) is 3.25. The number of pyridine rings is 1. The first kappa shape index (κ1) is 16.3. The zero-order valence-electron chi connectivity index (χ0n) is 15.3. The van der Waals surface area contributed by atoms with Gasteiger partial charge in [-0.15, -0.1) is 0 Å². The summed E-state index contributed by atoms with van der Waals surface area (Å²) >= 11 is 0. The maximum absolute atomic E-state index is 4.19. The van der Waals surface area contributed by atoms with Gasteiger partial charge >= 0.3 is 0 Å². The Morgan fingerprint density at radius 2 is 1.74 bits per heavy atom. The summed E-state index contributed by atoms with van der Waals surface area (Å²) in [5.41, 5.74) is 2.60. The number of anilines is 1. The molecule has 2 heterocycles. The summed E-state index contributed by atoms with van der Waals surface area (Å²) in [5.74, 6) is 0. The van der Waals surface area contributed by atoms with Crippen LogP contribution in [-0.2, 0) is 6.54 Å². The van der Waals surface area contributed by atoms with E-state index in [4.69, 9.17) is 0 Å². The van der Waals surface area contributed by atoms with Crippen molar-refractivity contribution >= 4 is 27.2 Å². The molecule has 1 fully saturated rings. The van der Waals surface area contributed by atoms with Gasteiger partial charge in [-0.3, -0.25) is 9.88 Å². The zero-order chi connectivity index (χ0) is 18.1. The van der Waals surface area contributed by atoms with E-state index in [0.717, 1.165) is 19.6 Å². The predicted octanol–water partition coefficient (Wildman–Crippen LogP) is 5.07. The maximum atomic E-state index is 4.19. The van der Waals surface area contributed by atoms with Crippen molar-refractivity contribution in [2.75, 3.05) is 18.4 Å². The molecule has 1 saturated heterocycles. The lowest BCUT2D eigenvalue weighted by Crippen LogP contribution is -2.25. The van der Waals surface area contributed by atoms with Crippen LogP contribution >= 0.6 is 0 Å². The van der Waals surface area contributed by atoms with Crippen LogP contribution in [0.4, 0.5) is 5.69 Å². The van der Waals surface area contributed by atoms with Gasteiger partial charge in [0.1, 0.15) is 0 Å². The minimum absolute atomic E-state index is 0.504. The first-order chi connectivity index (χ1) is 13.3. The van der Waals surface area contributed by atoms with Gasteiger partial charge in [0.05, 0.1) is 0 Å². The van der Waals surface area contributed by atoms with Gasteiger partial charge in [-0.1, -0.05) is 42.5 Å².